The minimum atomic E-state index is -3.86. The molecular weight excluding hydrogens is 384 g/mol. The second-order valence-corrected chi connectivity index (χ2v) is 8.59. The monoisotopic (exact) mass is 408 g/mol. The van der Waals surface area contributed by atoms with Crippen molar-refractivity contribution in [1.29, 1.82) is 0 Å². The van der Waals surface area contributed by atoms with E-state index < -0.39 is 10.0 Å². The summed E-state index contributed by atoms with van der Waals surface area (Å²) in [7, 11) is -3.86. The normalized spacial score (nSPS) is 11.1. The van der Waals surface area contributed by atoms with E-state index in [2.05, 4.69) is 5.32 Å². The smallest absolute Gasteiger partial charge is 0.266 e. The number of hydrogen-bond acceptors (Lipinski definition) is 3. The molecule has 1 amide bonds. The van der Waals surface area contributed by atoms with E-state index in [0.717, 1.165) is 11.1 Å². The quantitative estimate of drug-likeness (QED) is 0.639. The molecule has 0 radical (unpaired) electrons. The highest BCUT2D eigenvalue weighted by Gasteiger charge is 2.26. The Kier molecular flexibility index (Phi) is 6.03. The van der Waals surface area contributed by atoms with Gasteiger partial charge in [-0.3, -0.25) is 9.10 Å². The van der Waals surface area contributed by atoms with Crippen LogP contribution in [0.5, 0.6) is 0 Å². The zero-order valence-electron chi connectivity index (χ0n) is 16.7. The predicted octanol–water partition coefficient (Wildman–Crippen LogP) is 4.77. The summed E-state index contributed by atoms with van der Waals surface area (Å²) in [6.45, 7) is 5.96. The van der Waals surface area contributed by atoms with Crippen molar-refractivity contribution in [1.82, 2.24) is 0 Å². The van der Waals surface area contributed by atoms with Gasteiger partial charge in [0, 0.05) is 12.1 Å². The van der Waals surface area contributed by atoms with Gasteiger partial charge in [-0.2, -0.15) is 0 Å². The van der Waals surface area contributed by atoms with E-state index in [1.807, 2.05) is 26.0 Å². The Morgan fingerprint density at radius 1 is 0.897 bits per heavy atom. The first kappa shape index (κ1) is 20.6. The maximum Gasteiger partial charge on any atom is 0.266 e. The summed E-state index contributed by atoms with van der Waals surface area (Å²) in [6.07, 6.45) is 0. The number of hydrogen-bond donors (Lipinski definition) is 1. The molecule has 3 rings (SSSR count). The Labute approximate surface area is 172 Å². The molecule has 1 N–H and O–H groups in total. The molecule has 0 unspecified atom stereocenters. The standard InChI is InChI=1S/C23H24N2O3S/c1-4-25(20-10-6-5-7-11-20)29(27,28)22-13-9-8-12-21(22)24-23(26)19-15-14-17(2)18(3)16-19/h5-16H,4H2,1-3H3,(H,24,26). The fraction of sp³-hybridized carbons (Fsp3) is 0.174. The number of anilines is 2. The number of nitrogens with one attached hydrogen (secondary N) is 1. The van der Waals surface area contributed by atoms with Crippen molar-refractivity contribution in [3.63, 3.8) is 0 Å². The van der Waals surface area contributed by atoms with Gasteiger partial charge in [0.05, 0.1) is 11.4 Å². The number of carbonyl (C=O) groups is 1. The molecule has 0 aromatic heterocycles. The molecule has 0 aliphatic carbocycles. The molecule has 0 aliphatic heterocycles. The summed E-state index contributed by atoms with van der Waals surface area (Å²) >= 11 is 0. The van der Waals surface area contributed by atoms with Gasteiger partial charge in [0.25, 0.3) is 15.9 Å². The van der Waals surface area contributed by atoms with Crippen molar-refractivity contribution < 1.29 is 13.2 Å². The first-order chi connectivity index (χ1) is 13.8. The van der Waals surface area contributed by atoms with Crippen LogP contribution in [0.4, 0.5) is 11.4 Å². The summed E-state index contributed by atoms with van der Waals surface area (Å²) < 4.78 is 28.1. The van der Waals surface area contributed by atoms with Crippen LogP contribution in [0.1, 0.15) is 28.4 Å². The number of para-hydroxylation sites is 2. The van der Waals surface area contributed by atoms with E-state index in [1.54, 1.807) is 61.5 Å². The van der Waals surface area contributed by atoms with Gasteiger partial charge >= 0.3 is 0 Å². The molecule has 0 saturated heterocycles. The van der Waals surface area contributed by atoms with Crippen LogP contribution in [0, 0.1) is 13.8 Å². The van der Waals surface area contributed by atoms with Crippen molar-refractivity contribution in [2.24, 2.45) is 0 Å². The zero-order chi connectivity index (χ0) is 21.0. The SMILES string of the molecule is CCN(c1ccccc1)S(=O)(=O)c1ccccc1NC(=O)c1ccc(C)c(C)c1. The van der Waals surface area contributed by atoms with E-state index in [1.165, 1.54) is 10.4 Å². The summed E-state index contributed by atoms with van der Waals surface area (Å²) in [5, 5.41) is 2.77. The number of nitrogens with zero attached hydrogens (tertiary/aromatic N) is 1. The van der Waals surface area contributed by atoms with Crippen molar-refractivity contribution >= 4 is 27.3 Å². The van der Waals surface area contributed by atoms with Crippen LogP contribution >= 0.6 is 0 Å². The molecular formula is C23H24N2O3S. The van der Waals surface area contributed by atoms with Gasteiger partial charge in [0.2, 0.25) is 0 Å². The number of amides is 1. The van der Waals surface area contributed by atoms with Gasteiger partial charge in [-0.15, -0.1) is 0 Å². The molecule has 0 spiro atoms. The Hall–Kier alpha value is -3.12. The Balaban J connectivity index is 1.97. The third kappa shape index (κ3) is 4.32. The van der Waals surface area contributed by atoms with Gasteiger partial charge in [-0.05, 0) is 68.3 Å². The highest BCUT2D eigenvalue weighted by Crippen LogP contribution is 2.28. The zero-order valence-corrected chi connectivity index (χ0v) is 17.5. The molecule has 29 heavy (non-hydrogen) atoms. The lowest BCUT2D eigenvalue weighted by Crippen LogP contribution is -2.31. The van der Waals surface area contributed by atoms with E-state index in [-0.39, 0.29) is 23.0 Å². The van der Waals surface area contributed by atoms with Gasteiger partial charge < -0.3 is 5.32 Å². The number of rotatable bonds is 6. The van der Waals surface area contributed by atoms with E-state index in [0.29, 0.717) is 11.3 Å². The van der Waals surface area contributed by atoms with E-state index >= 15 is 0 Å². The topological polar surface area (TPSA) is 66.5 Å². The van der Waals surface area contributed by atoms with Crippen LogP contribution in [0.25, 0.3) is 0 Å². The lowest BCUT2D eigenvalue weighted by atomic mass is 10.1. The van der Waals surface area contributed by atoms with Crippen LogP contribution in [0.15, 0.2) is 77.7 Å². The molecule has 0 aliphatic rings. The molecule has 0 bridgehead atoms. The molecule has 0 saturated carbocycles. The maximum atomic E-state index is 13.4. The third-order valence-corrected chi connectivity index (χ3v) is 6.76. The fourth-order valence-electron chi connectivity index (χ4n) is 3.08. The molecule has 0 fully saturated rings. The van der Waals surface area contributed by atoms with Crippen molar-refractivity contribution in [3.8, 4) is 0 Å². The minimum Gasteiger partial charge on any atom is -0.321 e. The van der Waals surface area contributed by atoms with Gasteiger partial charge in [-0.25, -0.2) is 8.42 Å². The lowest BCUT2D eigenvalue weighted by Gasteiger charge is -2.24. The maximum absolute atomic E-state index is 13.4. The van der Waals surface area contributed by atoms with Crippen LogP contribution in [0.3, 0.4) is 0 Å². The van der Waals surface area contributed by atoms with Crippen molar-refractivity contribution in [2.75, 3.05) is 16.2 Å². The fourth-order valence-corrected chi connectivity index (χ4v) is 4.70. The summed E-state index contributed by atoms with van der Waals surface area (Å²) in [4.78, 5) is 12.8. The Bertz CT molecular complexity index is 1130. The summed E-state index contributed by atoms with van der Waals surface area (Å²) in [5.74, 6) is -0.349. The average molecular weight is 409 g/mol. The van der Waals surface area contributed by atoms with E-state index in [4.69, 9.17) is 0 Å². The van der Waals surface area contributed by atoms with Crippen molar-refractivity contribution in [2.45, 2.75) is 25.7 Å². The lowest BCUT2D eigenvalue weighted by molar-refractivity contribution is 0.102. The highest BCUT2D eigenvalue weighted by atomic mass is 32.2. The van der Waals surface area contributed by atoms with Gasteiger partial charge in [-0.1, -0.05) is 36.4 Å². The van der Waals surface area contributed by atoms with Crippen LogP contribution in [-0.4, -0.2) is 20.9 Å². The van der Waals surface area contributed by atoms with Crippen LogP contribution < -0.4 is 9.62 Å². The molecule has 6 heteroatoms. The summed E-state index contributed by atoms with van der Waals surface area (Å²) in [6, 6.07) is 20.8. The predicted molar refractivity (Wildman–Crippen MR) is 117 cm³/mol. The Morgan fingerprint density at radius 2 is 1.55 bits per heavy atom. The largest absolute Gasteiger partial charge is 0.321 e. The number of benzene rings is 3. The van der Waals surface area contributed by atoms with Crippen LogP contribution in [0.2, 0.25) is 0 Å². The second-order valence-electron chi connectivity index (χ2n) is 6.75. The number of sulfonamides is 1. The molecule has 0 heterocycles. The van der Waals surface area contributed by atoms with Crippen LogP contribution in [-0.2, 0) is 10.0 Å². The molecule has 3 aromatic carbocycles. The van der Waals surface area contributed by atoms with Crippen molar-refractivity contribution in [3.05, 3.63) is 89.5 Å². The Morgan fingerprint density at radius 3 is 2.21 bits per heavy atom. The minimum absolute atomic E-state index is 0.0582. The van der Waals surface area contributed by atoms with E-state index in [9.17, 15) is 13.2 Å². The highest BCUT2D eigenvalue weighted by molar-refractivity contribution is 7.93. The first-order valence-electron chi connectivity index (χ1n) is 9.40. The first-order valence-corrected chi connectivity index (χ1v) is 10.8. The third-order valence-electron chi connectivity index (χ3n) is 4.80. The number of carbonyl (C=O) groups excluding carboxylic acids is 1. The molecule has 3 aromatic rings. The number of aryl methyl sites for hydroxylation is 2. The molecule has 0 atom stereocenters. The van der Waals surface area contributed by atoms with Gasteiger partial charge in [0.15, 0.2) is 0 Å². The molecule has 150 valence electrons. The second kappa shape index (κ2) is 8.49. The molecule has 5 nitrogen and oxygen atoms in total. The average Bonchev–Trinajstić information content (AvgIpc) is 2.71. The van der Waals surface area contributed by atoms with Gasteiger partial charge in [0.1, 0.15) is 4.90 Å². The summed E-state index contributed by atoms with van der Waals surface area (Å²) in [5.41, 5.74) is 3.40.